The van der Waals surface area contributed by atoms with Crippen LogP contribution in [0.15, 0.2) is 0 Å². The van der Waals surface area contributed by atoms with Gasteiger partial charge in [0.1, 0.15) is 6.04 Å². The van der Waals surface area contributed by atoms with Crippen molar-refractivity contribution in [1.82, 2.24) is 10.2 Å². The van der Waals surface area contributed by atoms with E-state index in [9.17, 15) is 14.7 Å². The second kappa shape index (κ2) is 6.13. The smallest absolute Gasteiger partial charge is 0.327 e. The number of nitrogens with zero attached hydrogens (tertiary/aromatic N) is 1. The predicted octanol–water partition coefficient (Wildman–Crippen LogP) is 0.997. The Morgan fingerprint density at radius 1 is 1.32 bits per heavy atom. The van der Waals surface area contributed by atoms with Crippen molar-refractivity contribution in [2.45, 2.75) is 38.1 Å². The van der Waals surface area contributed by atoms with E-state index in [0.717, 1.165) is 25.9 Å². The minimum Gasteiger partial charge on any atom is -0.480 e. The number of nitrogens with one attached hydrogen (secondary N) is 1. The maximum Gasteiger partial charge on any atom is 0.327 e. The van der Waals surface area contributed by atoms with Gasteiger partial charge in [0.05, 0.1) is 5.37 Å². The van der Waals surface area contributed by atoms with Crippen LogP contribution in [0.1, 0.15) is 26.7 Å². The standard InChI is InChI=1S/C13H22N2O3S/c1-8(2)12-15(10(7-19-12)13(17)18)11(16)9-3-5-14-6-4-9/h8-10,12,14H,3-7H2,1-2H3,(H,17,18). The van der Waals surface area contributed by atoms with E-state index < -0.39 is 12.0 Å². The molecule has 0 aliphatic carbocycles. The van der Waals surface area contributed by atoms with E-state index in [1.54, 1.807) is 16.7 Å². The van der Waals surface area contributed by atoms with Gasteiger partial charge in [-0.25, -0.2) is 4.79 Å². The third-order valence-corrected chi connectivity index (χ3v) is 5.45. The zero-order valence-corrected chi connectivity index (χ0v) is 12.3. The quantitative estimate of drug-likeness (QED) is 0.810. The zero-order valence-electron chi connectivity index (χ0n) is 11.5. The molecule has 2 unspecified atom stereocenters. The SMILES string of the molecule is CC(C)C1SCC(C(=O)O)N1C(=O)C1CCNCC1. The normalized spacial score (nSPS) is 28.9. The summed E-state index contributed by atoms with van der Waals surface area (Å²) in [6.45, 7) is 5.79. The Hall–Kier alpha value is -0.750. The van der Waals surface area contributed by atoms with Crippen LogP contribution in [0.3, 0.4) is 0 Å². The summed E-state index contributed by atoms with van der Waals surface area (Å²) in [5.74, 6) is -0.0619. The van der Waals surface area contributed by atoms with E-state index in [1.807, 2.05) is 13.8 Å². The summed E-state index contributed by atoms with van der Waals surface area (Å²) in [7, 11) is 0. The Bertz CT molecular complexity index is 356. The molecular weight excluding hydrogens is 264 g/mol. The fourth-order valence-electron chi connectivity index (χ4n) is 2.79. The first-order valence-corrected chi connectivity index (χ1v) is 7.94. The molecule has 0 aromatic rings. The highest BCUT2D eigenvalue weighted by atomic mass is 32.2. The Balaban J connectivity index is 2.15. The van der Waals surface area contributed by atoms with Gasteiger partial charge in [-0.05, 0) is 31.8 Å². The first kappa shape index (κ1) is 14.7. The summed E-state index contributed by atoms with van der Waals surface area (Å²) in [6, 6.07) is -0.653. The van der Waals surface area contributed by atoms with Crippen molar-refractivity contribution in [2.75, 3.05) is 18.8 Å². The largest absolute Gasteiger partial charge is 0.480 e. The van der Waals surface area contributed by atoms with Gasteiger partial charge in [0, 0.05) is 11.7 Å². The molecule has 2 aliphatic heterocycles. The van der Waals surface area contributed by atoms with Crippen molar-refractivity contribution in [1.29, 1.82) is 0 Å². The van der Waals surface area contributed by atoms with Crippen LogP contribution in [0.25, 0.3) is 0 Å². The van der Waals surface area contributed by atoms with Gasteiger partial charge in [-0.2, -0.15) is 0 Å². The summed E-state index contributed by atoms with van der Waals surface area (Å²) in [5, 5.41) is 12.5. The van der Waals surface area contributed by atoms with Crippen molar-refractivity contribution in [3.8, 4) is 0 Å². The fraction of sp³-hybridized carbons (Fsp3) is 0.846. The highest BCUT2D eigenvalue weighted by Gasteiger charge is 2.44. The highest BCUT2D eigenvalue weighted by molar-refractivity contribution is 8.00. The molecule has 19 heavy (non-hydrogen) atoms. The van der Waals surface area contributed by atoms with E-state index in [0.29, 0.717) is 5.75 Å². The van der Waals surface area contributed by atoms with Crippen molar-refractivity contribution >= 4 is 23.6 Å². The van der Waals surface area contributed by atoms with Crippen molar-refractivity contribution in [3.05, 3.63) is 0 Å². The summed E-state index contributed by atoms with van der Waals surface area (Å²) < 4.78 is 0. The summed E-state index contributed by atoms with van der Waals surface area (Å²) in [4.78, 5) is 25.6. The van der Waals surface area contributed by atoms with Crippen molar-refractivity contribution < 1.29 is 14.7 Å². The lowest BCUT2D eigenvalue weighted by Gasteiger charge is -2.34. The molecule has 1 amide bonds. The minimum absolute atomic E-state index is 0.00323. The van der Waals surface area contributed by atoms with Gasteiger partial charge in [-0.3, -0.25) is 4.79 Å². The molecule has 2 N–H and O–H groups in total. The van der Waals surface area contributed by atoms with Crippen LogP contribution < -0.4 is 5.32 Å². The Morgan fingerprint density at radius 3 is 2.47 bits per heavy atom. The van der Waals surface area contributed by atoms with Crippen LogP contribution in [-0.2, 0) is 9.59 Å². The average Bonchev–Trinajstić information content (AvgIpc) is 2.83. The molecule has 2 rings (SSSR count). The second-order valence-electron chi connectivity index (χ2n) is 5.59. The van der Waals surface area contributed by atoms with E-state index in [1.165, 1.54) is 0 Å². The van der Waals surface area contributed by atoms with Gasteiger partial charge in [0.2, 0.25) is 5.91 Å². The van der Waals surface area contributed by atoms with E-state index in [4.69, 9.17) is 0 Å². The molecule has 0 aromatic heterocycles. The van der Waals surface area contributed by atoms with Crippen LogP contribution >= 0.6 is 11.8 Å². The molecule has 2 aliphatic rings. The van der Waals surface area contributed by atoms with Gasteiger partial charge < -0.3 is 15.3 Å². The number of carbonyl (C=O) groups excluding carboxylic acids is 1. The highest BCUT2D eigenvalue weighted by Crippen LogP contribution is 2.36. The van der Waals surface area contributed by atoms with Crippen LogP contribution in [0.4, 0.5) is 0 Å². The molecule has 0 aromatic carbocycles. The Kier molecular flexibility index (Phi) is 4.73. The number of carbonyl (C=O) groups is 2. The van der Waals surface area contributed by atoms with Gasteiger partial charge in [-0.1, -0.05) is 13.8 Å². The number of carboxylic acid groups (broad SMARTS) is 1. The molecule has 2 heterocycles. The van der Waals surface area contributed by atoms with Gasteiger partial charge in [0.15, 0.2) is 0 Å². The number of amides is 1. The Morgan fingerprint density at radius 2 is 1.95 bits per heavy atom. The topological polar surface area (TPSA) is 69.6 Å². The summed E-state index contributed by atoms with van der Waals surface area (Å²) >= 11 is 1.60. The summed E-state index contributed by atoms with van der Waals surface area (Å²) in [5.41, 5.74) is 0. The molecule has 2 fully saturated rings. The van der Waals surface area contributed by atoms with Gasteiger partial charge in [-0.15, -0.1) is 11.8 Å². The van der Waals surface area contributed by atoms with E-state index in [2.05, 4.69) is 5.32 Å². The predicted molar refractivity (Wildman–Crippen MR) is 74.9 cm³/mol. The number of thioether (sulfide) groups is 1. The first-order valence-electron chi connectivity index (χ1n) is 6.89. The van der Waals surface area contributed by atoms with Crippen LogP contribution in [0, 0.1) is 11.8 Å². The molecule has 108 valence electrons. The zero-order chi connectivity index (χ0) is 14.0. The molecule has 0 spiro atoms. The molecular formula is C13H22N2O3S. The molecule has 5 nitrogen and oxygen atoms in total. The van der Waals surface area contributed by atoms with E-state index >= 15 is 0 Å². The monoisotopic (exact) mass is 286 g/mol. The number of piperidine rings is 1. The fourth-order valence-corrected chi connectivity index (χ4v) is 4.27. The van der Waals surface area contributed by atoms with Crippen molar-refractivity contribution in [3.63, 3.8) is 0 Å². The average molecular weight is 286 g/mol. The maximum atomic E-state index is 12.7. The van der Waals surface area contributed by atoms with Crippen molar-refractivity contribution in [2.24, 2.45) is 11.8 Å². The van der Waals surface area contributed by atoms with Gasteiger partial charge in [0.25, 0.3) is 0 Å². The van der Waals surface area contributed by atoms with Crippen LogP contribution in [-0.4, -0.2) is 52.1 Å². The molecule has 2 atom stereocenters. The summed E-state index contributed by atoms with van der Waals surface area (Å²) in [6.07, 6.45) is 1.63. The lowest BCUT2D eigenvalue weighted by molar-refractivity contribution is -0.151. The molecule has 0 bridgehead atoms. The lowest BCUT2D eigenvalue weighted by Crippen LogP contribution is -2.50. The molecule has 0 saturated carbocycles. The molecule has 0 radical (unpaired) electrons. The molecule has 6 heteroatoms. The first-order chi connectivity index (χ1) is 9.02. The number of hydrogen-bond acceptors (Lipinski definition) is 4. The van der Waals surface area contributed by atoms with Gasteiger partial charge >= 0.3 is 5.97 Å². The number of hydrogen-bond donors (Lipinski definition) is 2. The third-order valence-electron chi connectivity index (χ3n) is 3.83. The maximum absolute atomic E-state index is 12.7. The molecule has 2 saturated heterocycles. The van der Waals surface area contributed by atoms with Crippen LogP contribution in [0.2, 0.25) is 0 Å². The minimum atomic E-state index is -0.877. The third kappa shape index (κ3) is 3.05. The number of rotatable bonds is 3. The number of carboxylic acids is 1. The number of aliphatic carboxylic acids is 1. The van der Waals surface area contributed by atoms with E-state index in [-0.39, 0.29) is 23.1 Å². The Labute approximate surface area is 118 Å². The van der Waals surface area contributed by atoms with Crippen LogP contribution in [0.5, 0.6) is 0 Å². The lowest BCUT2D eigenvalue weighted by atomic mass is 9.95. The second-order valence-corrected chi connectivity index (χ2v) is 6.74.